The minimum absolute atomic E-state index is 0.356. The Morgan fingerprint density at radius 3 is 2.72 bits per heavy atom. The molecule has 1 rings (SSSR count). The summed E-state index contributed by atoms with van der Waals surface area (Å²) in [5.41, 5.74) is 3.45. The average Bonchev–Trinajstić information content (AvgIpc) is 2.37. The predicted octanol–water partition coefficient (Wildman–Crippen LogP) is 0.578. The zero-order valence-electron chi connectivity index (χ0n) is 9.71. The molecular formula is C11H13N3O3S. The van der Waals surface area contributed by atoms with Crippen molar-refractivity contribution in [3.05, 3.63) is 29.8 Å². The lowest BCUT2D eigenvalue weighted by Crippen LogP contribution is -2.28. The third-order valence-electron chi connectivity index (χ3n) is 1.85. The molecule has 0 amide bonds. The van der Waals surface area contributed by atoms with E-state index < -0.39 is 5.97 Å². The Kier molecular flexibility index (Phi) is 5.59. The number of hydrogen-bond acceptors (Lipinski definition) is 4. The lowest BCUT2D eigenvalue weighted by atomic mass is 10.2. The van der Waals surface area contributed by atoms with Crippen molar-refractivity contribution in [1.29, 1.82) is 0 Å². The largest absolute Gasteiger partial charge is 0.482 e. The van der Waals surface area contributed by atoms with Gasteiger partial charge in [-0.25, -0.2) is 4.79 Å². The molecule has 0 fully saturated rings. The molecule has 0 radical (unpaired) electrons. The Morgan fingerprint density at radius 1 is 1.50 bits per heavy atom. The van der Waals surface area contributed by atoms with Gasteiger partial charge < -0.3 is 15.2 Å². The molecule has 0 saturated carbocycles. The molecule has 3 N–H and O–H groups in total. The van der Waals surface area contributed by atoms with Crippen molar-refractivity contribution < 1.29 is 14.6 Å². The molecule has 0 bridgehead atoms. The van der Waals surface area contributed by atoms with Gasteiger partial charge in [-0.2, -0.15) is 5.10 Å². The van der Waals surface area contributed by atoms with Crippen molar-refractivity contribution in [1.82, 2.24) is 10.7 Å². The van der Waals surface area contributed by atoms with Crippen molar-refractivity contribution in [2.45, 2.75) is 0 Å². The van der Waals surface area contributed by atoms with E-state index in [2.05, 4.69) is 15.8 Å². The smallest absolute Gasteiger partial charge is 0.341 e. The van der Waals surface area contributed by atoms with Gasteiger partial charge in [0.1, 0.15) is 5.75 Å². The van der Waals surface area contributed by atoms with E-state index in [-0.39, 0.29) is 6.61 Å². The van der Waals surface area contributed by atoms with Crippen LogP contribution >= 0.6 is 12.2 Å². The van der Waals surface area contributed by atoms with Gasteiger partial charge in [0.2, 0.25) is 0 Å². The third-order valence-corrected chi connectivity index (χ3v) is 2.14. The summed E-state index contributed by atoms with van der Waals surface area (Å²) < 4.78 is 4.99. The Bertz CT molecular complexity index is 445. The summed E-state index contributed by atoms with van der Waals surface area (Å²) in [5, 5.41) is 15.5. The highest BCUT2D eigenvalue weighted by Crippen LogP contribution is 2.10. The molecule has 0 atom stereocenters. The number of rotatable bonds is 5. The summed E-state index contributed by atoms with van der Waals surface area (Å²) in [5.74, 6) is -0.515. The normalized spacial score (nSPS) is 10.1. The summed E-state index contributed by atoms with van der Waals surface area (Å²) >= 11 is 4.84. The quantitative estimate of drug-likeness (QED) is 0.411. The van der Waals surface area contributed by atoms with Crippen molar-refractivity contribution >= 4 is 29.5 Å². The van der Waals surface area contributed by atoms with Crippen molar-refractivity contribution in [2.75, 3.05) is 13.7 Å². The topological polar surface area (TPSA) is 83.0 Å². The summed E-state index contributed by atoms with van der Waals surface area (Å²) in [6, 6.07) is 6.84. The van der Waals surface area contributed by atoms with E-state index in [4.69, 9.17) is 22.1 Å². The highest BCUT2D eigenvalue weighted by atomic mass is 32.1. The first kappa shape index (κ1) is 13.9. The second-order valence-electron chi connectivity index (χ2n) is 3.20. The number of nitrogens with zero attached hydrogens (tertiary/aromatic N) is 1. The zero-order chi connectivity index (χ0) is 13.4. The molecule has 1 aromatic rings. The van der Waals surface area contributed by atoms with Gasteiger partial charge in [0.25, 0.3) is 0 Å². The summed E-state index contributed by atoms with van der Waals surface area (Å²) in [6.07, 6.45) is 1.59. The number of thiocarbonyl (C=S) groups is 1. The Labute approximate surface area is 110 Å². The van der Waals surface area contributed by atoms with Crippen LogP contribution in [0.5, 0.6) is 5.75 Å². The highest BCUT2D eigenvalue weighted by Gasteiger charge is 1.98. The number of benzene rings is 1. The minimum Gasteiger partial charge on any atom is -0.482 e. The SMILES string of the molecule is CNC(=S)N/N=C\c1ccc(OCC(=O)O)cc1. The van der Waals surface area contributed by atoms with Crippen LogP contribution in [-0.4, -0.2) is 36.1 Å². The molecule has 0 saturated heterocycles. The Morgan fingerprint density at radius 2 is 2.17 bits per heavy atom. The highest BCUT2D eigenvalue weighted by molar-refractivity contribution is 7.80. The molecule has 0 heterocycles. The maximum absolute atomic E-state index is 10.3. The maximum atomic E-state index is 10.3. The number of nitrogens with one attached hydrogen (secondary N) is 2. The summed E-state index contributed by atoms with van der Waals surface area (Å²) in [4.78, 5) is 10.3. The fourth-order valence-electron chi connectivity index (χ4n) is 1.02. The number of hydrogen-bond donors (Lipinski definition) is 3. The van der Waals surface area contributed by atoms with Crippen LogP contribution in [-0.2, 0) is 4.79 Å². The predicted molar refractivity (Wildman–Crippen MR) is 72.0 cm³/mol. The molecule has 0 unspecified atom stereocenters. The van der Waals surface area contributed by atoms with Gasteiger partial charge in [0, 0.05) is 7.05 Å². The van der Waals surface area contributed by atoms with Crippen molar-refractivity contribution in [3.63, 3.8) is 0 Å². The molecule has 0 spiro atoms. The second kappa shape index (κ2) is 7.23. The van der Waals surface area contributed by atoms with Crippen LogP contribution in [0.15, 0.2) is 29.4 Å². The molecule has 1 aromatic carbocycles. The van der Waals surface area contributed by atoms with Crippen molar-refractivity contribution in [2.24, 2.45) is 5.10 Å². The summed E-state index contributed by atoms with van der Waals surface area (Å²) in [7, 11) is 1.69. The first-order chi connectivity index (χ1) is 8.61. The fourth-order valence-corrected chi connectivity index (χ4v) is 1.07. The summed E-state index contributed by atoms with van der Waals surface area (Å²) in [6.45, 7) is -0.356. The van der Waals surface area contributed by atoms with E-state index in [0.29, 0.717) is 10.9 Å². The van der Waals surface area contributed by atoms with Crippen molar-refractivity contribution in [3.8, 4) is 5.75 Å². The van der Waals surface area contributed by atoms with E-state index >= 15 is 0 Å². The number of hydrazone groups is 1. The van der Waals surface area contributed by atoms with E-state index in [9.17, 15) is 4.79 Å². The molecule has 6 nitrogen and oxygen atoms in total. The van der Waals surface area contributed by atoms with Crippen LogP contribution in [0.4, 0.5) is 0 Å². The monoisotopic (exact) mass is 267 g/mol. The van der Waals surface area contributed by atoms with E-state index in [1.54, 1.807) is 37.5 Å². The van der Waals surface area contributed by atoms with Crippen LogP contribution in [0.3, 0.4) is 0 Å². The number of carboxylic acid groups (broad SMARTS) is 1. The van der Waals surface area contributed by atoms with Crippen LogP contribution in [0, 0.1) is 0 Å². The number of carbonyl (C=O) groups is 1. The van der Waals surface area contributed by atoms with Gasteiger partial charge in [-0.3, -0.25) is 5.43 Å². The van der Waals surface area contributed by atoms with Gasteiger partial charge in [0.05, 0.1) is 6.21 Å². The van der Waals surface area contributed by atoms with Gasteiger partial charge in [-0.1, -0.05) is 0 Å². The molecule has 0 aliphatic heterocycles. The van der Waals surface area contributed by atoms with Crippen LogP contribution in [0.2, 0.25) is 0 Å². The van der Waals surface area contributed by atoms with Crippen LogP contribution in [0.25, 0.3) is 0 Å². The Hall–Kier alpha value is -2.15. The maximum Gasteiger partial charge on any atom is 0.341 e. The number of ether oxygens (including phenoxy) is 1. The molecule has 7 heteroatoms. The lowest BCUT2D eigenvalue weighted by molar-refractivity contribution is -0.139. The van der Waals surface area contributed by atoms with E-state index in [1.165, 1.54) is 0 Å². The first-order valence-electron chi connectivity index (χ1n) is 5.07. The first-order valence-corrected chi connectivity index (χ1v) is 5.48. The molecule has 96 valence electrons. The van der Waals surface area contributed by atoms with Gasteiger partial charge in [0.15, 0.2) is 11.7 Å². The van der Waals surface area contributed by atoms with Crippen LogP contribution in [0.1, 0.15) is 5.56 Å². The third kappa shape index (κ3) is 5.26. The standard InChI is InChI=1S/C11H13N3O3S/c1-12-11(18)14-13-6-8-2-4-9(5-3-8)17-7-10(15)16/h2-6H,7H2,1H3,(H,15,16)(H2,12,14,18)/b13-6-. The lowest BCUT2D eigenvalue weighted by Gasteiger charge is -2.03. The second-order valence-corrected chi connectivity index (χ2v) is 3.61. The number of carboxylic acids is 1. The number of aliphatic carboxylic acids is 1. The van der Waals surface area contributed by atoms with E-state index in [0.717, 1.165) is 5.56 Å². The van der Waals surface area contributed by atoms with Gasteiger partial charge in [-0.05, 0) is 42.0 Å². The molecule has 0 aliphatic carbocycles. The average molecular weight is 267 g/mol. The minimum atomic E-state index is -1.01. The molecular weight excluding hydrogens is 254 g/mol. The van der Waals surface area contributed by atoms with Crippen LogP contribution < -0.4 is 15.5 Å². The van der Waals surface area contributed by atoms with Gasteiger partial charge >= 0.3 is 5.97 Å². The molecule has 18 heavy (non-hydrogen) atoms. The molecule has 0 aliphatic rings. The molecule has 0 aromatic heterocycles. The zero-order valence-corrected chi connectivity index (χ0v) is 10.5. The Balaban J connectivity index is 2.49. The fraction of sp³-hybridized carbons (Fsp3) is 0.182. The van der Waals surface area contributed by atoms with E-state index in [1.807, 2.05) is 0 Å². The van der Waals surface area contributed by atoms with Gasteiger partial charge in [-0.15, -0.1) is 0 Å².